The average molecular weight is 294 g/mol. The lowest BCUT2D eigenvalue weighted by atomic mass is 10.2. The molecular formula is C17H18N4O. The lowest BCUT2D eigenvalue weighted by Gasteiger charge is -2.08. The van der Waals surface area contributed by atoms with Crippen molar-refractivity contribution in [1.29, 1.82) is 0 Å². The van der Waals surface area contributed by atoms with Crippen molar-refractivity contribution < 1.29 is 4.79 Å². The minimum absolute atomic E-state index is 0.0291. The lowest BCUT2D eigenvalue weighted by molar-refractivity contribution is 0.0822. The largest absolute Gasteiger partial charge is 0.378 e. The third-order valence-electron chi connectivity index (χ3n) is 3.46. The maximum absolute atomic E-state index is 11.8. The van der Waals surface area contributed by atoms with E-state index in [0.29, 0.717) is 12.2 Å². The van der Waals surface area contributed by atoms with Crippen molar-refractivity contribution in [1.82, 2.24) is 14.9 Å². The summed E-state index contributed by atoms with van der Waals surface area (Å²) in [5, 5.41) is 4.42. The third-order valence-corrected chi connectivity index (χ3v) is 3.46. The second-order valence-corrected chi connectivity index (χ2v) is 5.37. The molecule has 3 aromatic rings. The number of carbonyl (C=O) groups is 1. The van der Waals surface area contributed by atoms with Crippen molar-refractivity contribution in [3.05, 3.63) is 60.0 Å². The molecule has 112 valence electrons. The summed E-state index contributed by atoms with van der Waals surface area (Å²) in [5.74, 6) is -0.0291. The Hall–Kier alpha value is -2.82. The maximum atomic E-state index is 11.8. The molecule has 1 amide bonds. The molecule has 0 unspecified atom stereocenters. The first-order valence-corrected chi connectivity index (χ1v) is 7.12. The summed E-state index contributed by atoms with van der Waals surface area (Å²) in [4.78, 5) is 20.9. The average Bonchev–Trinajstić information content (AvgIpc) is 3.00. The molecule has 1 aromatic carbocycles. The van der Waals surface area contributed by atoms with Crippen LogP contribution >= 0.6 is 0 Å². The van der Waals surface area contributed by atoms with Gasteiger partial charge in [-0.25, -0.2) is 0 Å². The first-order valence-electron chi connectivity index (χ1n) is 7.12. The van der Waals surface area contributed by atoms with Gasteiger partial charge in [-0.3, -0.25) is 9.78 Å². The van der Waals surface area contributed by atoms with E-state index in [4.69, 9.17) is 0 Å². The monoisotopic (exact) mass is 294 g/mol. The molecule has 0 aliphatic heterocycles. The second kappa shape index (κ2) is 5.89. The summed E-state index contributed by atoms with van der Waals surface area (Å²) in [6, 6.07) is 13.8. The number of H-pyrrole nitrogens is 1. The number of nitrogens with one attached hydrogen (secondary N) is 2. The number of aromatic amines is 1. The molecule has 5 heteroatoms. The molecule has 0 aliphatic carbocycles. The van der Waals surface area contributed by atoms with Crippen LogP contribution in [0, 0.1) is 0 Å². The fourth-order valence-corrected chi connectivity index (χ4v) is 2.27. The summed E-state index contributed by atoms with van der Waals surface area (Å²) in [6.45, 7) is 0.612. The van der Waals surface area contributed by atoms with E-state index in [2.05, 4.69) is 21.4 Å². The van der Waals surface area contributed by atoms with Crippen molar-refractivity contribution in [2.24, 2.45) is 0 Å². The molecule has 0 bridgehead atoms. The predicted octanol–water partition coefficient (Wildman–Crippen LogP) is 2.88. The van der Waals surface area contributed by atoms with E-state index in [0.717, 1.165) is 22.3 Å². The van der Waals surface area contributed by atoms with Crippen LogP contribution in [0.3, 0.4) is 0 Å². The van der Waals surface area contributed by atoms with Gasteiger partial charge in [-0.15, -0.1) is 0 Å². The third kappa shape index (κ3) is 2.93. The highest BCUT2D eigenvalue weighted by atomic mass is 16.2. The van der Waals surface area contributed by atoms with Crippen molar-refractivity contribution in [3.8, 4) is 0 Å². The molecule has 0 aliphatic rings. The van der Waals surface area contributed by atoms with Crippen molar-refractivity contribution >= 4 is 22.5 Å². The predicted molar refractivity (Wildman–Crippen MR) is 87.9 cm³/mol. The number of para-hydroxylation sites is 1. The molecule has 0 spiro atoms. The number of rotatable bonds is 4. The molecule has 0 radical (unpaired) electrons. The van der Waals surface area contributed by atoms with Crippen LogP contribution in [0.1, 0.15) is 16.2 Å². The van der Waals surface area contributed by atoms with E-state index < -0.39 is 0 Å². The van der Waals surface area contributed by atoms with E-state index in [1.807, 2.05) is 36.5 Å². The highest BCUT2D eigenvalue weighted by Crippen LogP contribution is 2.16. The molecule has 2 aromatic heterocycles. The fourth-order valence-electron chi connectivity index (χ4n) is 2.27. The Morgan fingerprint density at radius 1 is 1.23 bits per heavy atom. The number of amides is 1. The summed E-state index contributed by atoms with van der Waals surface area (Å²) < 4.78 is 0. The molecule has 0 fully saturated rings. The number of fused-ring (bicyclic) bond motifs is 1. The Kier molecular flexibility index (Phi) is 3.78. The summed E-state index contributed by atoms with van der Waals surface area (Å²) in [7, 11) is 3.48. The molecule has 0 saturated heterocycles. The Morgan fingerprint density at radius 2 is 2.05 bits per heavy atom. The van der Waals surface area contributed by atoms with Crippen LogP contribution in [0.2, 0.25) is 0 Å². The van der Waals surface area contributed by atoms with E-state index in [-0.39, 0.29) is 5.91 Å². The number of aromatic nitrogens is 2. The normalized spacial score (nSPS) is 10.6. The van der Waals surface area contributed by atoms with Crippen LogP contribution in [0.4, 0.5) is 5.69 Å². The number of anilines is 1. The Balaban J connectivity index is 1.70. The quantitative estimate of drug-likeness (QED) is 0.778. The molecule has 0 atom stereocenters. The van der Waals surface area contributed by atoms with Crippen LogP contribution in [-0.2, 0) is 6.54 Å². The van der Waals surface area contributed by atoms with E-state index in [1.165, 1.54) is 0 Å². The zero-order valence-corrected chi connectivity index (χ0v) is 12.6. The Labute approximate surface area is 129 Å². The summed E-state index contributed by atoms with van der Waals surface area (Å²) >= 11 is 0. The minimum atomic E-state index is -0.0291. The second-order valence-electron chi connectivity index (χ2n) is 5.37. The Bertz CT molecular complexity index is 807. The van der Waals surface area contributed by atoms with Gasteiger partial charge < -0.3 is 15.2 Å². The Morgan fingerprint density at radius 3 is 2.86 bits per heavy atom. The molecule has 5 nitrogen and oxygen atoms in total. The summed E-state index contributed by atoms with van der Waals surface area (Å²) in [6.07, 6.45) is 1.82. The van der Waals surface area contributed by atoms with Gasteiger partial charge in [0.2, 0.25) is 0 Å². The van der Waals surface area contributed by atoms with Gasteiger partial charge in [-0.2, -0.15) is 0 Å². The molecule has 0 saturated carbocycles. The number of carbonyl (C=O) groups excluding carboxylic acids is 1. The fraction of sp³-hybridized carbons (Fsp3) is 0.176. The number of pyridine rings is 1. The van der Waals surface area contributed by atoms with E-state index >= 15 is 0 Å². The number of benzene rings is 1. The number of nitrogens with zero attached hydrogens (tertiary/aromatic N) is 2. The van der Waals surface area contributed by atoms with Gasteiger partial charge in [0.1, 0.15) is 5.69 Å². The first kappa shape index (κ1) is 14.1. The van der Waals surface area contributed by atoms with Gasteiger partial charge in [0.05, 0.1) is 23.9 Å². The topological polar surface area (TPSA) is 61.0 Å². The van der Waals surface area contributed by atoms with Gasteiger partial charge in [-0.1, -0.05) is 18.2 Å². The first-order chi connectivity index (χ1) is 10.6. The number of hydrogen-bond donors (Lipinski definition) is 2. The zero-order valence-electron chi connectivity index (χ0n) is 12.6. The van der Waals surface area contributed by atoms with E-state index in [1.54, 1.807) is 25.1 Å². The summed E-state index contributed by atoms with van der Waals surface area (Å²) in [5.41, 5.74) is 3.48. The zero-order chi connectivity index (χ0) is 15.5. The van der Waals surface area contributed by atoms with E-state index in [9.17, 15) is 4.79 Å². The van der Waals surface area contributed by atoms with Crippen LogP contribution in [-0.4, -0.2) is 34.9 Å². The minimum Gasteiger partial charge on any atom is -0.378 e. The van der Waals surface area contributed by atoms with Crippen molar-refractivity contribution in [3.63, 3.8) is 0 Å². The number of hydrogen-bond acceptors (Lipinski definition) is 3. The molecule has 2 heterocycles. The van der Waals surface area contributed by atoms with Crippen LogP contribution in [0.15, 0.2) is 48.7 Å². The van der Waals surface area contributed by atoms with Crippen LogP contribution < -0.4 is 5.32 Å². The highest BCUT2D eigenvalue weighted by Gasteiger charge is 2.09. The van der Waals surface area contributed by atoms with Crippen molar-refractivity contribution in [2.45, 2.75) is 6.54 Å². The van der Waals surface area contributed by atoms with Gasteiger partial charge in [0.25, 0.3) is 5.91 Å². The molecular weight excluding hydrogens is 276 g/mol. The highest BCUT2D eigenvalue weighted by molar-refractivity contribution is 5.92. The van der Waals surface area contributed by atoms with Gasteiger partial charge in [-0.05, 0) is 24.3 Å². The lowest BCUT2D eigenvalue weighted by Crippen LogP contribution is -2.22. The van der Waals surface area contributed by atoms with Crippen molar-refractivity contribution in [2.75, 3.05) is 19.4 Å². The smallest absolute Gasteiger partial charge is 0.269 e. The molecule has 3 rings (SSSR count). The SMILES string of the molecule is CN(C)C(=O)c1ccc(CNc2cnc3ccccc3c2)[nH]1. The molecule has 2 N–H and O–H groups in total. The van der Waals surface area contributed by atoms with Gasteiger partial charge >= 0.3 is 0 Å². The van der Waals surface area contributed by atoms with Crippen LogP contribution in [0.5, 0.6) is 0 Å². The molecule has 22 heavy (non-hydrogen) atoms. The maximum Gasteiger partial charge on any atom is 0.269 e. The standard InChI is InChI=1S/C17H18N4O/c1-21(2)17(22)16-8-7-13(20-16)10-18-14-9-12-5-3-4-6-15(12)19-11-14/h3-9,11,18,20H,10H2,1-2H3. The van der Waals surface area contributed by atoms with Gasteiger partial charge in [0, 0.05) is 25.2 Å². The van der Waals surface area contributed by atoms with Crippen LogP contribution in [0.25, 0.3) is 10.9 Å². The van der Waals surface area contributed by atoms with Gasteiger partial charge in [0.15, 0.2) is 0 Å².